The molecular weight excluding hydrogens is 243 g/mol. The van der Waals surface area contributed by atoms with Gasteiger partial charge in [0.05, 0.1) is 0 Å². The molecule has 0 radical (unpaired) electrons. The monoisotopic (exact) mass is 258 g/mol. The van der Waals surface area contributed by atoms with Crippen molar-refractivity contribution in [3.63, 3.8) is 0 Å². The molecule has 0 aliphatic carbocycles. The highest BCUT2D eigenvalue weighted by Crippen LogP contribution is 2.41. The van der Waals surface area contributed by atoms with E-state index in [9.17, 15) is 0 Å². The second-order valence-electron chi connectivity index (χ2n) is 4.83. The lowest BCUT2D eigenvalue weighted by Gasteiger charge is -2.43. The van der Waals surface area contributed by atoms with E-state index in [1.807, 2.05) is 0 Å². The molecule has 72 valence electrons. The minimum atomic E-state index is -1.92. The Morgan fingerprint density at radius 3 is 1.50 bits per heavy atom. The topological polar surface area (TPSA) is 9.23 Å². The summed E-state index contributed by atoms with van der Waals surface area (Å²) in [4.78, 5) is 0. The molecule has 1 aliphatic rings. The molecule has 1 aliphatic heterocycles. The fraction of sp³-hybridized carbons (Fsp3) is 1.00. The van der Waals surface area contributed by atoms with Crippen molar-refractivity contribution in [2.45, 2.75) is 37.5 Å². The molecule has 0 atom stereocenters. The fourth-order valence-corrected chi connectivity index (χ4v) is 33.2. The van der Waals surface area contributed by atoms with Crippen LogP contribution in [0.15, 0.2) is 0 Å². The normalized spacial score (nSPS) is 31.5. The van der Waals surface area contributed by atoms with Crippen LogP contribution in [0.5, 0.6) is 0 Å². The Labute approximate surface area is 87.1 Å². The van der Waals surface area contributed by atoms with E-state index in [-0.39, 0.29) is 0 Å². The van der Waals surface area contributed by atoms with Crippen LogP contribution in [0.3, 0.4) is 0 Å². The van der Waals surface area contributed by atoms with Gasteiger partial charge in [-0.15, -0.1) is 22.2 Å². The van der Waals surface area contributed by atoms with Crippen LogP contribution in [0.2, 0.25) is 37.5 Å². The number of halogens is 2. The van der Waals surface area contributed by atoms with Crippen molar-refractivity contribution in [3.05, 3.63) is 0 Å². The van der Waals surface area contributed by atoms with E-state index in [2.05, 4.69) is 26.2 Å². The van der Waals surface area contributed by atoms with Gasteiger partial charge in [-0.05, 0) is 37.5 Å². The van der Waals surface area contributed by atoms with Gasteiger partial charge < -0.3 is 4.12 Å². The molecule has 0 aromatic heterocycles. The summed E-state index contributed by atoms with van der Waals surface area (Å²) >= 11 is 12.7. The fourth-order valence-electron chi connectivity index (χ4n) is 2.13. The molecule has 0 unspecified atom stereocenters. The van der Waals surface area contributed by atoms with Crippen molar-refractivity contribution in [1.82, 2.24) is 0 Å². The van der Waals surface area contributed by atoms with Crippen molar-refractivity contribution in [1.29, 1.82) is 0 Å². The Hall–Kier alpha value is 1.19. The summed E-state index contributed by atoms with van der Waals surface area (Å²) in [6.45, 7) is 7.00. The van der Waals surface area contributed by atoms with Gasteiger partial charge >= 0.3 is 0 Å². The third kappa shape index (κ3) is 3.16. The standard InChI is InChI=1S/C6H16Cl2OSi3/c1-10(2)5-12(7,8)6-11(3,4)9-10/h5-6H2,1-4H3. The molecule has 0 amide bonds. The second-order valence-corrected chi connectivity index (χ2v) is 22.1. The SMILES string of the molecule is C[Si]1(C)C[Si](Cl)(Cl)C[Si](C)(C)O1. The van der Waals surface area contributed by atoms with Crippen LogP contribution in [-0.2, 0) is 4.12 Å². The zero-order valence-electron chi connectivity index (χ0n) is 8.08. The predicted octanol–water partition coefficient (Wildman–Crippen LogP) is 3.43. The lowest BCUT2D eigenvalue weighted by molar-refractivity contribution is 0.546. The average Bonchev–Trinajstić information content (AvgIpc) is 1.44. The predicted molar refractivity (Wildman–Crippen MR) is 63.1 cm³/mol. The Morgan fingerprint density at radius 1 is 0.917 bits per heavy atom. The van der Waals surface area contributed by atoms with Gasteiger partial charge in [-0.25, -0.2) is 0 Å². The molecule has 0 spiro atoms. The first-order chi connectivity index (χ1) is 5.12. The van der Waals surface area contributed by atoms with Gasteiger partial charge in [-0.1, -0.05) is 0 Å². The largest absolute Gasteiger partial charge is 0.456 e. The van der Waals surface area contributed by atoms with Crippen molar-refractivity contribution >= 4 is 45.5 Å². The van der Waals surface area contributed by atoms with E-state index in [1.165, 1.54) is 0 Å². The van der Waals surface area contributed by atoms with Crippen LogP contribution in [0, 0.1) is 0 Å². The lowest BCUT2D eigenvalue weighted by Crippen LogP contribution is -2.56. The Bertz CT molecular complexity index is 148. The van der Waals surface area contributed by atoms with Crippen molar-refractivity contribution in [2.24, 2.45) is 0 Å². The smallest absolute Gasteiger partial charge is 0.250 e. The van der Waals surface area contributed by atoms with E-state index in [1.54, 1.807) is 0 Å². The highest BCUT2D eigenvalue weighted by atomic mass is 35.7. The van der Waals surface area contributed by atoms with Crippen LogP contribution in [0.25, 0.3) is 0 Å². The van der Waals surface area contributed by atoms with Gasteiger partial charge in [0, 0.05) is 0 Å². The van der Waals surface area contributed by atoms with E-state index < -0.39 is 23.3 Å². The summed E-state index contributed by atoms with van der Waals surface area (Å²) in [6, 6.07) is 0. The molecule has 0 aromatic rings. The second kappa shape index (κ2) is 3.10. The first kappa shape index (κ1) is 11.3. The summed E-state index contributed by atoms with van der Waals surface area (Å²) in [5.41, 5.74) is 2.00. The van der Waals surface area contributed by atoms with Crippen LogP contribution in [0.1, 0.15) is 0 Å². The molecule has 0 bridgehead atoms. The van der Waals surface area contributed by atoms with Gasteiger partial charge in [0.1, 0.15) is 0 Å². The molecule has 0 saturated carbocycles. The first-order valence-electron chi connectivity index (χ1n) is 4.20. The highest BCUT2D eigenvalue weighted by Gasteiger charge is 2.50. The molecule has 6 heteroatoms. The Morgan fingerprint density at radius 2 is 1.25 bits per heavy atom. The van der Waals surface area contributed by atoms with E-state index in [0.29, 0.717) is 0 Å². The zero-order valence-corrected chi connectivity index (χ0v) is 12.6. The molecular formula is C6H16Cl2OSi3. The van der Waals surface area contributed by atoms with Gasteiger partial charge in [0.15, 0.2) is 16.6 Å². The molecule has 12 heavy (non-hydrogen) atoms. The lowest BCUT2D eigenvalue weighted by atomic mass is 11.8. The van der Waals surface area contributed by atoms with Crippen LogP contribution in [0.4, 0.5) is 0 Å². The van der Waals surface area contributed by atoms with E-state index >= 15 is 0 Å². The summed E-state index contributed by atoms with van der Waals surface area (Å²) in [7, 11) is -3.00. The van der Waals surface area contributed by atoms with E-state index in [0.717, 1.165) is 11.3 Å². The summed E-state index contributed by atoms with van der Waals surface area (Å²) < 4.78 is 6.14. The molecule has 0 aromatic carbocycles. The number of hydrogen-bond donors (Lipinski definition) is 0. The minimum absolute atomic E-state index is 1.000. The van der Waals surface area contributed by atoms with Gasteiger partial charge in [-0.2, -0.15) is 0 Å². The number of hydrogen-bond acceptors (Lipinski definition) is 1. The van der Waals surface area contributed by atoms with Crippen molar-refractivity contribution in [3.8, 4) is 0 Å². The Kier molecular flexibility index (Phi) is 2.91. The summed E-state index contributed by atoms with van der Waals surface area (Å²) in [5.74, 6) is 0. The first-order valence-corrected chi connectivity index (χ1v) is 14.9. The quantitative estimate of drug-likeness (QED) is 0.478. The summed E-state index contributed by atoms with van der Waals surface area (Å²) in [6.07, 6.45) is 0. The molecule has 1 rings (SSSR count). The summed E-state index contributed by atoms with van der Waals surface area (Å²) in [5, 5.41) is 0. The zero-order chi connectivity index (χ0) is 9.62. The Balaban J connectivity index is 2.81. The maximum absolute atomic E-state index is 6.33. The molecule has 1 nitrogen and oxygen atoms in total. The van der Waals surface area contributed by atoms with Crippen LogP contribution in [-0.4, -0.2) is 23.3 Å². The van der Waals surface area contributed by atoms with Gasteiger partial charge in [0.25, 0.3) is 6.69 Å². The average molecular weight is 259 g/mol. The molecule has 1 fully saturated rings. The third-order valence-electron chi connectivity index (χ3n) is 1.92. The van der Waals surface area contributed by atoms with Gasteiger partial charge in [-0.3, -0.25) is 0 Å². The number of rotatable bonds is 0. The highest BCUT2D eigenvalue weighted by molar-refractivity contribution is 7.50. The van der Waals surface area contributed by atoms with Crippen LogP contribution < -0.4 is 0 Å². The van der Waals surface area contributed by atoms with Crippen molar-refractivity contribution < 1.29 is 4.12 Å². The minimum Gasteiger partial charge on any atom is -0.456 e. The van der Waals surface area contributed by atoms with Gasteiger partial charge in [0.2, 0.25) is 0 Å². The molecule has 1 saturated heterocycles. The van der Waals surface area contributed by atoms with E-state index in [4.69, 9.17) is 26.3 Å². The maximum atomic E-state index is 6.33. The third-order valence-corrected chi connectivity index (χ3v) is 22.1. The maximum Gasteiger partial charge on any atom is 0.250 e. The van der Waals surface area contributed by atoms with Crippen molar-refractivity contribution in [2.75, 3.05) is 0 Å². The molecule has 0 N–H and O–H groups in total. The van der Waals surface area contributed by atoms with Crippen LogP contribution >= 0.6 is 22.2 Å². The molecule has 1 heterocycles.